The van der Waals surface area contributed by atoms with Gasteiger partial charge in [0.25, 0.3) is 5.91 Å². The summed E-state index contributed by atoms with van der Waals surface area (Å²) in [6.45, 7) is 0. The Bertz CT molecular complexity index is 943. The Kier molecular flexibility index (Phi) is 4.26. The van der Waals surface area contributed by atoms with Gasteiger partial charge in [-0.05, 0) is 42.5 Å². The van der Waals surface area contributed by atoms with Gasteiger partial charge in [-0.1, -0.05) is 0 Å². The van der Waals surface area contributed by atoms with Crippen LogP contribution in [0, 0.1) is 5.82 Å². The lowest BCUT2D eigenvalue weighted by molar-refractivity contribution is -0.137. The van der Waals surface area contributed by atoms with E-state index in [1.807, 2.05) is 0 Å². The van der Waals surface area contributed by atoms with Gasteiger partial charge in [0.2, 0.25) is 0 Å². The number of benzene rings is 2. The molecule has 0 fully saturated rings. The van der Waals surface area contributed by atoms with Crippen molar-refractivity contribution in [3.8, 4) is 0 Å². The van der Waals surface area contributed by atoms with E-state index in [1.54, 1.807) is 0 Å². The van der Waals surface area contributed by atoms with Crippen LogP contribution in [0.3, 0.4) is 0 Å². The van der Waals surface area contributed by atoms with Crippen LogP contribution < -0.4 is 5.32 Å². The second-order valence-electron chi connectivity index (χ2n) is 5.15. The van der Waals surface area contributed by atoms with Gasteiger partial charge in [-0.3, -0.25) is 4.79 Å². The largest absolute Gasteiger partial charge is 0.416 e. The quantitative estimate of drug-likeness (QED) is 0.725. The summed E-state index contributed by atoms with van der Waals surface area (Å²) in [5.74, 6) is -0.893. The van der Waals surface area contributed by atoms with E-state index >= 15 is 0 Å². The summed E-state index contributed by atoms with van der Waals surface area (Å²) in [5, 5.41) is 2.49. The predicted molar refractivity (Wildman–Crippen MR) is 83.9 cm³/mol. The Balaban J connectivity index is 1.75. The number of nitrogens with one attached hydrogen (secondary N) is 1. The van der Waals surface area contributed by atoms with E-state index in [-0.39, 0.29) is 11.1 Å². The minimum atomic E-state index is -4.43. The smallest absolute Gasteiger partial charge is 0.327 e. The molecule has 3 rings (SSSR count). The first kappa shape index (κ1) is 16.7. The van der Waals surface area contributed by atoms with Crippen LogP contribution in [-0.2, 0) is 6.18 Å². The lowest BCUT2D eigenvalue weighted by atomic mass is 10.2. The maximum Gasteiger partial charge on any atom is 0.416 e. The highest BCUT2D eigenvalue weighted by atomic mass is 19.4. The molecule has 1 N–H and O–H groups in total. The van der Waals surface area contributed by atoms with Crippen molar-refractivity contribution in [3.05, 3.63) is 71.9 Å². The molecule has 0 unspecified atom stereocenters. The van der Waals surface area contributed by atoms with Crippen molar-refractivity contribution < 1.29 is 22.4 Å². The molecule has 0 spiro atoms. The SMILES string of the molecule is O=C(N/C=C/n1cnc2cc(C(F)(F)F)ccc21)c1ccc(F)cc1. The zero-order valence-electron chi connectivity index (χ0n) is 12.6. The Hall–Kier alpha value is -3.16. The lowest BCUT2D eigenvalue weighted by Crippen LogP contribution is -2.17. The minimum absolute atomic E-state index is 0.185. The molecule has 25 heavy (non-hydrogen) atoms. The molecule has 0 aliphatic rings. The number of aromatic nitrogens is 2. The molecule has 0 aliphatic carbocycles. The van der Waals surface area contributed by atoms with Gasteiger partial charge in [0.05, 0.1) is 22.9 Å². The monoisotopic (exact) mass is 349 g/mol. The average molecular weight is 349 g/mol. The number of fused-ring (bicyclic) bond motifs is 1. The number of halogens is 4. The molecule has 3 aromatic rings. The van der Waals surface area contributed by atoms with Crippen molar-refractivity contribution in [2.45, 2.75) is 6.18 Å². The van der Waals surface area contributed by atoms with Crippen LogP contribution in [-0.4, -0.2) is 15.5 Å². The van der Waals surface area contributed by atoms with Crippen LogP contribution >= 0.6 is 0 Å². The number of imidazole rings is 1. The number of carbonyl (C=O) groups is 1. The van der Waals surface area contributed by atoms with E-state index in [2.05, 4.69) is 10.3 Å². The number of alkyl halides is 3. The molecule has 0 radical (unpaired) electrons. The molecule has 2 aromatic carbocycles. The number of amides is 1. The summed E-state index contributed by atoms with van der Waals surface area (Å²) in [5.41, 5.74) is 0.139. The Morgan fingerprint density at radius 1 is 1.12 bits per heavy atom. The Labute approximate surface area is 139 Å². The molecular weight excluding hydrogens is 338 g/mol. The van der Waals surface area contributed by atoms with E-state index in [0.29, 0.717) is 5.52 Å². The third kappa shape index (κ3) is 3.68. The number of rotatable bonds is 3. The molecule has 0 saturated carbocycles. The summed E-state index contributed by atoms with van der Waals surface area (Å²) >= 11 is 0. The predicted octanol–water partition coefficient (Wildman–Crippen LogP) is 4.05. The second kappa shape index (κ2) is 6.39. The number of hydrogen-bond donors (Lipinski definition) is 1. The van der Waals surface area contributed by atoms with Crippen molar-refractivity contribution >= 4 is 23.1 Å². The van der Waals surface area contributed by atoms with Gasteiger partial charge in [-0.15, -0.1) is 0 Å². The maximum atomic E-state index is 12.8. The van der Waals surface area contributed by atoms with Crippen LogP contribution in [0.25, 0.3) is 17.2 Å². The Morgan fingerprint density at radius 2 is 1.84 bits per heavy atom. The zero-order chi connectivity index (χ0) is 18.0. The summed E-state index contributed by atoms with van der Waals surface area (Å²) in [4.78, 5) is 15.8. The summed E-state index contributed by atoms with van der Waals surface area (Å²) in [6, 6.07) is 8.23. The summed E-state index contributed by atoms with van der Waals surface area (Å²) < 4.78 is 52.3. The van der Waals surface area contributed by atoms with E-state index in [1.165, 1.54) is 53.6 Å². The second-order valence-corrected chi connectivity index (χ2v) is 5.15. The van der Waals surface area contributed by atoms with Gasteiger partial charge in [0.15, 0.2) is 0 Å². The van der Waals surface area contributed by atoms with Gasteiger partial charge >= 0.3 is 6.18 Å². The van der Waals surface area contributed by atoms with Crippen LogP contribution in [0.5, 0.6) is 0 Å². The molecule has 4 nitrogen and oxygen atoms in total. The van der Waals surface area contributed by atoms with Crippen LogP contribution in [0.15, 0.2) is 55.0 Å². The van der Waals surface area contributed by atoms with Crippen LogP contribution in [0.2, 0.25) is 0 Å². The fraction of sp³-hybridized carbons (Fsp3) is 0.0588. The Morgan fingerprint density at radius 3 is 2.52 bits per heavy atom. The van der Waals surface area contributed by atoms with Gasteiger partial charge in [-0.25, -0.2) is 9.37 Å². The van der Waals surface area contributed by atoms with Crippen molar-refractivity contribution in [1.82, 2.24) is 14.9 Å². The van der Waals surface area contributed by atoms with E-state index < -0.39 is 23.5 Å². The standard InChI is InChI=1S/C17H11F4N3O/c18-13-4-1-11(2-5-13)16(25)22-7-8-24-10-23-14-9-12(17(19,20)21)3-6-15(14)24/h1-10H,(H,22,25)/b8-7+. The number of hydrogen-bond acceptors (Lipinski definition) is 2. The van der Waals surface area contributed by atoms with Gasteiger partial charge in [-0.2, -0.15) is 13.2 Å². The fourth-order valence-corrected chi connectivity index (χ4v) is 2.20. The van der Waals surface area contributed by atoms with Crippen molar-refractivity contribution in [2.75, 3.05) is 0 Å². The molecule has 0 bridgehead atoms. The molecule has 0 atom stereocenters. The van der Waals surface area contributed by atoms with Crippen molar-refractivity contribution in [3.63, 3.8) is 0 Å². The molecular formula is C17H11F4N3O. The normalized spacial score (nSPS) is 12.0. The van der Waals surface area contributed by atoms with Crippen LogP contribution in [0.1, 0.15) is 15.9 Å². The van der Waals surface area contributed by atoms with Crippen molar-refractivity contribution in [2.24, 2.45) is 0 Å². The number of nitrogens with zero attached hydrogens (tertiary/aromatic N) is 2. The van der Waals surface area contributed by atoms with Gasteiger partial charge in [0.1, 0.15) is 5.82 Å². The summed E-state index contributed by atoms with van der Waals surface area (Å²) in [6.07, 6.45) is -0.323. The molecule has 0 aliphatic heterocycles. The molecule has 1 heterocycles. The van der Waals surface area contributed by atoms with Gasteiger partial charge < -0.3 is 9.88 Å². The third-order valence-electron chi connectivity index (χ3n) is 3.46. The minimum Gasteiger partial charge on any atom is -0.327 e. The molecule has 0 saturated heterocycles. The highest BCUT2D eigenvalue weighted by Crippen LogP contribution is 2.31. The first-order valence-electron chi connectivity index (χ1n) is 7.11. The first-order valence-corrected chi connectivity index (χ1v) is 7.11. The maximum absolute atomic E-state index is 12.8. The van der Waals surface area contributed by atoms with E-state index in [0.717, 1.165) is 12.1 Å². The fourth-order valence-electron chi connectivity index (χ4n) is 2.20. The third-order valence-corrected chi connectivity index (χ3v) is 3.46. The highest BCUT2D eigenvalue weighted by molar-refractivity contribution is 5.95. The van der Waals surface area contributed by atoms with Crippen molar-refractivity contribution in [1.29, 1.82) is 0 Å². The van der Waals surface area contributed by atoms with E-state index in [9.17, 15) is 22.4 Å². The first-order chi connectivity index (χ1) is 11.8. The highest BCUT2D eigenvalue weighted by Gasteiger charge is 2.30. The average Bonchev–Trinajstić information content (AvgIpc) is 2.97. The molecule has 1 aromatic heterocycles. The lowest BCUT2D eigenvalue weighted by Gasteiger charge is -2.06. The van der Waals surface area contributed by atoms with Gasteiger partial charge in [0, 0.05) is 18.0 Å². The molecule has 1 amide bonds. The van der Waals surface area contributed by atoms with E-state index in [4.69, 9.17) is 0 Å². The molecule has 128 valence electrons. The molecule has 8 heteroatoms. The number of carbonyl (C=O) groups excluding carboxylic acids is 1. The topological polar surface area (TPSA) is 46.9 Å². The summed E-state index contributed by atoms with van der Waals surface area (Å²) in [7, 11) is 0. The zero-order valence-corrected chi connectivity index (χ0v) is 12.6. The van der Waals surface area contributed by atoms with Crippen LogP contribution in [0.4, 0.5) is 17.6 Å².